The summed E-state index contributed by atoms with van der Waals surface area (Å²) in [6.07, 6.45) is 6.22. The van der Waals surface area contributed by atoms with Gasteiger partial charge in [-0.05, 0) is 30.7 Å². The summed E-state index contributed by atoms with van der Waals surface area (Å²) in [6, 6.07) is 13.2. The lowest BCUT2D eigenvalue weighted by Crippen LogP contribution is -2.11. The van der Waals surface area contributed by atoms with Gasteiger partial charge >= 0.3 is 0 Å². The first-order valence-corrected chi connectivity index (χ1v) is 9.96. The summed E-state index contributed by atoms with van der Waals surface area (Å²) in [6.45, 7) is 2.32. The van der Waals surface area contributed by atoms with Crippen LogP contribution in [0.5, 0.6) is 5.75 Å². The van der Waals surface area contributed by atoms with Gasteiger partial charge in [-0.2, -0.15) is 4.98 Å². The molecule has 0 unspecified atom stereocenters. The molecule has 0 atom stereocenters. The average molecular weight is 405 g/mol. The van der Waals surface area contributed by atoms with Gasteiger partial charge in [-0.3, -0.25) is 4.79 Å². The molecule has 8 heteroatoms. The van der Waals surface area contributed by atoms with Crippen molar-refractivity contribution >= 4 is 17.2 Å². The number of imidazole rings is 1. The van der Waals surface area contributed by atoms with Crippen molar-refractivity contribution < 1.29 is 14.1 Å². The number of nitrogens with zero attached hydrogens (tertiary/aromatic N) is 4. The first kappa shape index (κ1) is 19.6. The number of ether oxygens (including phenoxy) is 1. The fourth-order valence-corrected chi connectivity index (χ4v) is 3.04. The number of rotatable bonds is 9. The minimum atomic E-state index is -0.0669. The molecule has 1 N–H and O–H groups in total. The van der Waals surface area contributed by atoms with Gasteiger partial charge in [-0.25, -0.2) is 4.98 Å². The highest BCUT2D eigenvalue weighted by Crippen LogP contribution is 2.19. The van der Waals surface area contributed by atoms with Gasteiger partial charge < -0.3 is 19.0 Å². The first-order chi connectivity index (χ1) is 14.7. The van der Waals surface area contributed by atoms with Crippen LogP contribution in [-0.2, 0) is 24.2 Å². The molecule has 0 aliphatic carbocycles. The largest absolute Gasteiger partial charge is 0.487 e. The Morgan fingerprint density at radius 3 is 2.97 bits per heavy atom. The summed E-state index contributed by atoms with van der Waals surface area (Å²) in [5, 5.41) is 6.75. The zero-order chi connectivity index (χ0) is 20.8. The molecule has 0 fully saturated rings. The molecule has 0 aliphatic heterocycles. The van der Waals surface area contributed by atoms with Crippen molar-refractivity contribution in [2.24, 2.45) is 0 Å². The molecule has 0 aliphatic rings. The van der Waals surface area contributed by atoms with Crippen molar-refractivity contribution in [3.63, 3.8) is 0 Å². The van der Waals surface area contributed by atoms with Crippen LogP contribution >= 0.6 is 0 Å². The van der Waals surface area contributed by atoms with Gasteiger partial charge in [0.25, 0.3) is 0 Å². The van der Waals surface area contributed by atoms with E-state index >= 15 is 0 Å². The van der Waals surface area contributed by atoms with Crippen LogP contribution in [0, 0.1) is 0 Å². The number of hydrogen-bond donors (Lipinski definition) is 1. The second-order valence-electron chi connectivity index (χ2n) is 6.87. The molecule has 0 bridgehead atoms. The minimum absolute atomic E-state index is 0.0669. The molecule has 4 rings (SSSR count). The maximum Gasteiger partial charge on any atom is 0.226 e. The van der Waals surface area contributed by atoms with E-state index in [0.29, 0.717) is 49.0 Å². The fraction of sp³-hybridized carbons (Fsp3) is 0.273. The van der Waals surface area contributed by atoms with E-state index in [-0.39, 0.29) is 5.91 Å². The lowest BCUT2D eigenvalue weighted by atomic mass is 10.2. The molecule has 0 saturated heterocycles. The molecule has 30 heavy (non-hydrogen) atoms. The van der Waals surface area contributed by atoms with Crippen molar-refractivity contribution in [1.82, 2.24) is 19.5 Å². The maximum atomic E-state index is 12.2. The molecular formula is C22H23N5O3. The molecule has 0 saturated carbocycles. The van der Waals surface area contributed by atoms with Crippen molar-refractivity contribution in [3.05, 3.63) is 72.3 Å². The molecule has 0 radical (unpaired) electrons. The van der Waals surface area contributed by atoms with E-state index in [1.54, 1.807) is 6.07 Å². The molecule has 8 nitrogen and oxygen atoms in total. The Balaban J connectivity index is 1.26. The molecule has 3 heterocycles. The Morgan fingerprint density at radius 2 is 2.13 bits per heavy atom. The van der Waals surface area contributed by atoms with Crippen LogP contribution in [-0.4, -0.2) is 25.4 Å². The van der Waals surface area contributed by atoms with Crippen LogP contribution in [0.15, 0.2) is 59.4 Å². The number of hydrogen-bond acceptors (Lipinski definition) is 6. The number of pyridine rings is 1. The fourth-order valence-electron chi connectivity index (χ4n) is 3.04. The zero-order valence-electron chi connectivity index (χ0n) is 16.7. The average Bonchev–Trinajstić information content (AvgIpc) is 3.39. The second kappa shape index (κ2) is 9.21. The minimum Gasteiger partial charge on any atom is -0.487 e. The van der Waals surface area contributed by atoms with Gasteiger partial charge in [0, 0.05) is 43.4 Å². The number of fused-ring (bicyclic) bond motifs is 1. The number of aromatic nitrogens is 4. The molecule has 1 amide bonds. The Kier molecular flexibility index (Phi) is 6.03. The highest BCUT2D eigenvalue weighted by molar-refractivity contribution is 5.90. The first-order valence-electron chi connectivity index (χ1n) is 9.96. The summed E-state index contributed by atoms with van der Waals surface area (Å²) in [5.41, 5.74) is 2.41. The third kappa shape index (κ3) is 5.02. The van der Waals surface area contributed by atoms with Crippen LogP contribution in [0.3, 0.4) is 0 Å². The summed E-state index contributed by atoms with van der Waals surface area (Å²) >= 11 is 0. The zero-order valence-corrected chi connectivity index (χ0v) is 16.7. The lowest BCUT2D eigenvalue weighted by Gasteiger charge is -2.08. The highest BCUT2D eigenvalue weighted by Gasteiger charge is 2.08. The summed E-state index contributed by atoms with van der Waals surface area (Å²) in [5.74, 6) is 1.86. The van der Waals surface area contributed by atoms with E-state index in [1.165, 1.54) is 0 Å². The number of carbonyl (C=O) groups excluding carboxylic acids is 1. The Bertz CT molecular complexity index is 1100. The summed E-state index contributed by atoms with van der Waals surface area (Å²) < 4.78 is 12.9. The van der Waals surface area contributed by atoms with E-state index in [0.717, 1.165) is 17.8 Å². The predicted molar refractivity (Wildman–Crippen MR) is 111 cm³/mol. The van der Waals surface area contributed by atoms with Gasteiger partial charge in [0.05, 0.1) is 5.69 Å². The number of benzene rings is 1. The normalized spacial score (nSPS) is 11.0. The number of aryl methyl sites for hydroxylation is 2. The van der Waals surface area contributed by atoms with Gasteiger partial charge in [0.2, 0.25) is 11.8 Å². The van der Waals surface area contributed by atoms with E-state index in [1.807, 2.05) is 60.1 Å². The monoisotopic (exact) mass is 405 g/mol. The molecular weight excluding hydrogens is 382 g/mol. The molecule has 0 spiro atoms. The van der Waals surface area contributed by atoms with E-state index in [4.69, 9.17) is 9.26 Å². The Labute approximate surface area is 173 Å². The van der Waals surface area contributed by atoms with Crippen LogP contribution in [0.2, 0.25) is 0 Å². The van der Waals surface area contributed by atoms with E-state index < -0.39 is 0 Å². The highest BCUT2D eigenvalue weighted by atomic mass is 16.5. The van der Waals surface area contributed by atoms with Crippen LogP contribution in [0.1, 0.15) is 37.2 Å². The van der Waals surface area contributed by atoms with Crippen molar-refractivity contribution in [1.29, 1.82) is 0 Å². The van der Waals surface area contributed by atoms with Crippen molar-refractivity contribution in [2.75, 3.05) is 5.32 Å². The van der Waals surface area contributed by atoms with Crippen molar-refractivity contribution in [3.8, 4) is 5.75 Å². The van der Waals surface area contributed by atoms with Crippen LogP contribution in [0.25, 0.3) is 5.65 Å². The van der Waals surface area contributed by atoms with Crippen LogP contribution in [0.4, 0.5) is 5.69 Å². The lowest BCUT2D eigenvalue weighted by molar-refractivity contribution is -0.116. The quantitative estimate of drug-likeness (QED) is 0.455. The van der Waals surface area contributed by atoms with E-state index in [2.05, 4.69) is 20.4 Å². The summed E-state index contributed by atoms with van der Waals surface area (Å²) in [4.78, 5) is 21.0. The Morgan fingerprint density at radius 1 is 1.20 bits per heavy atom. The summed E-state index contributed by atoms with van der Waals surface area (Å²) in [7, 11) is 0. The maximum absolute atomic E-state index is 12.2. The number of anilines is 1. The SMILES string of the molecule is CCc1noc(CCCC(=O)Nc2cccc(OCc3cn4ccccc4n3)c2)n1. The van der Waals surface area contributed by atoms with Gasteiger partial charge in [-0.1, -0.05) is 24.2 Å². The third-order valence-electron chi connectivity index (χ3n) is 4.54. The molecule has 154 valence electrons. The third-order valence-corrected chi connectivity index (χ3v) is 4.54. The van der Waals surface area contributed by atoms with Gasteiger partial charge in [0.1, 0.15) is 18.0 Å². The predicted octanol–water partition coefficient (Wildman–Crippen LogP) is 3.82. The molecule has 3 aromatic heterocycles. The number of carbonyl (C=O) groups is 1. The van der Waals surface area contributed by atoms with Gasteiger partial charge in [0.15, 0.2) is 5.82 Å². The standard InChI is InChI=1S/C22H23N5O3/c1-2-19-25-22(30-26-19)11-6-10-21(28)24-16-7-5-8-18(13-16)29-15-17-14-27-12-4-3-9-20(27)23-17/h3-5,7-9,12-14H,2,6,10-11,15H2,1H3,(H,24,28). The van der Waals surface area contributed by atoms with Crippen molar-refractivity contribution in [2.45, 2.75) is 39.2 Å². The van der Waals surface area contributed by atoms with Crippen LogP contribution < -0.4 is 10.1 Å². The Hall–Kier alpha value is -3.68. The topological polar surface area (TPSA) is 94.5 Å². The second-order valence-corrected chi connectivity index (χ2v) is 6.87. The smallest absolute Gasteiger partial charge is 0.226 e. The number of amides is 1. The van der Waals surface area contributed by atoms with E-state index in [9.17, 15) is 4.79 Å². The number of nitrogens with one attached hydrogen (secondary N) is 1. The molecule has 4 aromatic rings. The molecule has 1 aromatic carbocycles. The van der Waals surface area contributed by atoms with Gasteiger partial charge in [-0.15, -0.1) is 0 Å².